The predicted molar refractivity (Wildman–Crippen MR) is 81.3 cm³/mol. The number of nitrogens with one attached hydrogen (secondary N) is 1. The molecule has 0 radical (unpaired) electrons. The van der Waals surface area contributed by atoms with E-state index in [-0.39, 0.29) is 5.82 Å². The second-order valence-corrected chi connectivity index (χ2v) is 5.16. The largest absolute Gasteiger partial charge is 0.399 e. The van der Waals surface area contributed by atoms with E-state index in [0.29, 0.717) is 21.7 Å². The normalized spacial score (nSPS) is 10.7. The maximum absolute atomic E-state index is 13.9. The second-order valence-electron chi connectivity index (χ2n) is 4.25. The van der Waals surface area contributed by atoms with Crippen LogP contribution in [0.3, 0.4) is 0 Å². The van der Waals surface area contributed by atoms with Gasteiger partial charge >= 0.3 is 0 Å². The molecular weight excluding hydrogens is 323 g/mol. The molecule has 4 nitrogen and oxygen atoms in total. The van der Waals surface area contributed by atoms with Gasteiger partial charge in [0.15, 0.2) is 0 Å². The standard InChI is InChI=1S/C14H10BrFN4/c15-8-1-3-13(11(16)5-8)20-14-10-6-9(17)2-4-12(10)18-7-19-14/h1-7H,17H2,(H,18,19,20). The van der Waals surface area contributed by atoms with Crippen LogP contribution in [-0.2, 0) is 0 Å². The smallest absolute Gasteiger partial charge is 0.147 e. The average Bonchev–Trinajstić information content (AvgIpc) is 2.42. The Labute approximate surface area is 123 Å². The molecule has 0 saturated carbocycles. The maximum atomic E-state index is 13.9. The fourth-order valence-electron chi connectivity index (χ4n) is 1.89. The second kappa shape index (κ2) is 5.05. The van der Waals surface area contributed by atoms with Gasteiger partial charge in [0.1, 0.15) is 18.0 Å². The van der Waals surface area contributed by atoms with E-state index in [0.717, 1.165) is 10.9 Å². The molecule has 0 aliphatic rings. The summed E-state index contributed by atoms with van der Waals surface area (Å²) in [6.45, 7) is 0. The molecule has 0 saturated heterocycles. The van der Waals surface area contributed by atoms with E-state index in [1.807, 2.05) is 0 Å². The third-order valence-electron chi connectivity index (χ3n) is 2.84. The van der Waals surface area contributed by atoms with E-state index in [1.54, 1.807) is 30.3 Å². The zero-order valence-electron chi connectivity index (χ0n) is 10.3. The summed E-state index contributed by atoms with van der Waals surface area (Å²) in [4.78, 5) is 8.30. The van der Waals surface area contributed by atoms with E-state index in [1.165, 1.54) is 12.4 Å². The summed E-state index contributed by atoms with van der Waals surface area (Å²) in [7, 11) is 0. The van der Waals surface area contributed by atoms with Gasteiger partial charge in [0.25, 0.3) is 0 Å². The first kappa shape index (κ1) is 12.8. The summed E-state index contributed by atoms with van der Waals surface area (Å²) >= 11 is 3.22. The predicted octanol–water partition coefficient (Wildman–Crippen LogP) is 3.86. The number of nitrogens with two attached hydrogens (primary N) is 1. The Morgan fingerprint density at radius 3 is 2.75 bits per heavy atom. The van der Waals surface area contributed by atoms with Gasteiger partial charge in [0, 0.05) is 15.5 Å². The number of halogens is 2. The minimum atomic E-state index is -0.366. The van der Waals surface area contributed by atoms with Crippen LogP contribution in [0.2, 0.25) is 0 Å². The molecule has 1 aromatic heterocycles. The molecule has 3 N–H and O–H groups in total. The van der Waals surface area contributed by atoms with E-state index >= 15 is 0 Å². The Kier molecular flexibility index (Phi) is 3.23. The van der Waals surface area contributed by atoms with Crippen molar-refractivity contribution in [2.45, 2.75) is 0 Å². The Morgan fingerprint density at radius 2 is 1.95 bits per heavy atom. The first-order valence-electron chi connectivity index (χ1n) is 5.86. The number of nitrogens with zero attached hydrogens (tertiary/aromatic N) is 2. The molecule has 0 atom stereocenters. The van der Waals surface area contributed by atoms with Gasteiger partial charge in [-0.1, -0.05) is 15.9 Å². The van der Waals surface area contributed by atoms with Crippen LogP contribution in [-0.4, -0.2) is 9.97 Å². The van der Waals surface area contributed by atoms with E-state index in [2.05, 4.69) is 31.2 Å². The topological polar surface area (TPSA) is 63.8 Å². The van der Waals surface area contributed by atoms with Gasteiger partial charge in [-0.25, -0.2) is 14.4 Å². The summed E-state index contributed by atoms with van der Waals surface area (Å²) in [6.07, 6.45) is 1.43. The molecule has 0 unspecified atom stereocenters. The highest BCUT2D eigenvalue weighted by atomic mass is 79.9. The SMILES string of the molecule is Nc1ccc2ncnc(Nc3ccc(Br)cc3F)c2c1. The quantitative estimate of drug-likeness (QED) is 0.699. The average molecular weight is 333 g/mol. The highest BCUT2D eigenvalue weighted by molar-refractivity contribution is 9.10. The number of anilines is 3. The number of fused-ring (bicyclic) bond motifs is 1. The third kappa shape index (κ3) is 2.42. The van der Waals surface area contributed by atoms with E-state index < -0.39 is 0 Å². The number of benzene rings is 2. The van der Waals surface area contributed by atoms with Gasteiger partial charge in [-0.2, -0.15) is 0 Å². The molecule has 0 spiro atoms. The van der Waals surface area contributed by atoms with Gasteiger partial charge in [-0.3, -0.25) is 0 Å². The monoisotopic (exact) mass is 332 g/mol. The van der Waals surface area contributed by atoms with Gasteiger partial charge in [0.05, 0.1) is 11.2 Å². The molecule has 6 heteroatoms. The van der Waals surface area contributed by atoms with Crippen molar-refractivity contribution >= 4 is 44.0 Å². The van der Waals surface area contributed by atoms with Gasteiger partial charge in [0.2, 0.25) is 0 Å². The Hall–Kier alpha value is -2.21. The van der Waals surface area contributed by atoms with Crippen LogP contribution >= 0.6 is 15.9 Å². The van der Waals surface area contributed by atoms with Crippen molar-refractivity contribution in [2.24, 2.45) is 0 Å². The van der Waals surface area contributed by atoms with E-state index in [4.69, 9.17) is 5.73 Å². The first-order chi connectivity index (χ1) is 9.63. The van der Waals surface area contributed by atoms with Crippen LogP contribution in [0.4, 0.5) is 21.6 Å². The van der Waals surface area contributed by atoms with Crippen molar-refractivity contribution in [1.29, 1.82) is 0 Å². The number of nitrogen functional groups attached to an aromatic ring is 1. The summed E-state index contributed by atoms with van der Waals surface area (Å²) in [5.74, 6) is 0.151. The van der Waals surface area contributed by atoms with Crippen LogP contribution in [0.15, 0.2) is 47.2 Å². The minimum Gasteiger partial charge on any atom is -0.399 e. The van der Waals surface area contributed by atoms with Crippen molar-refractivity contribution in [1.82, 2.24) is 9.97 Å². The van der Waals surface area contributed by atoms with Gasteiger partial charge in [-0.05, 0) is 36.4 Å². The van der Waals surface area contributed by atoms with Gasteiger partial charge < -0.3 is 11.1 Å². The number of aromatic nitrogens is 2. The fraction of sp³-hybridized carbons (Fsp3) is 0. The molecule has 2 aromatic carbocycles. The summed E-state index contributed by atoms with van der Waals surface area (Å²) in [6, 6.07) is 10.1. The highest BCUT2D eigenvalue weighted by Crippen LogP contribution is 2.27. The summed E-state index contributed by atoms with van der Waals surface area (Å²) < 4.78 is 14.5. The number of rotatable bonds is 2. The zero-order chi connectivity index (χ0) is 14.1. The zero-order valence-corrected chi connectivity index (χ0v) is 11.9. The Balaban J connectivity index is 2.08. The molecule has 100 valence electrons. The number of hydrogen-bond acceptors (Lipinski definition) is 4. The molecule has 0 aliphatic heterocycles. The van der Waals surface area contributed by atoms with Crippen molar-refractivity contribution in [3.63, 3.8) is 0 Å². The minimum absolute atomic E-state index is 0.343. The lowest BCUT2D eigenvalue weighted by Gasteiger charge is -2.09. The lowest BCUT2D eigenvalue weighted by atomic mass is 10.2. The van der Waals surface area contributed by atoms with E-state index in [9.17, 15) is 4.39 Å². The van der Waals surface area contributed by atoms with Crippen LogP contribution < -0.4 is 11.1 Å². The molecule has 1 heterocycles. The molecule has 0 amide bonds. The fourth-order valence-corrected chi connectivity index (χ4v) is 2.23. The first-order valence-corrected chi connectivity index (χ1v) is 6.65. The Bertz CT molecular complexity index is 791. The van der Waals surface area contributed by atoms with Crippen molar-refractivity contribution in [3.8, 4) is 0 Å². The summed E-state index contributed by atoms with van der Waals surface area (Å²) in [5, 5.41) is 3.71. The molecule has 0 bridgehead atoms. The van der Waals surface area contributed by atoms with Crippen molar-refractivity contribution in [2.75, 3.05) is 11.1 Å². The molecule has 0 fully saturated rings. The molecule has 0 aliphatic carbocycles. The van der Waals surface area contributed by atoms with Crippen LogP contribution in [0.1, 0.15) is 0 Å². The molecular formula is C14H10BrFN4. The number of hydrogen-bond donors (Lipinski definition) is 2. The maximum Gasteiger partial charge on any atom is 0.147 e. The lowest BCUT2D eigenvalue weighted by Crippen LogP contribution is -1.98. The van der Waals surface area contributed by atoms with Crippen LogP contribution in [0.25, 0.3) is 10.9 Å². The highest BCUT2D eigenvalue weighted by Gasteiger charge is 2.08. The van der Waals surface area contributed by atoms with Crippen LogP contribution in [0, 0.1) is 5.82 Å². The summed E-state index contributed by atoms with van der Waals surface area (Å²) in [5.41, 5.74) is 7.46. The Morgan fingerprint density at radius 1 is 1.10 bits per heavy atom. The third-order valence-corrected chi connectivity index (χ3v) is 3.34. The van der Waals surface area contributed by atoms with Crippen molar-refractivity contribution < 1.29 is 4.39 Å². The molecule has 3 rings (SSSR count). The van der Waals surface area contributed by atoms with Crippen LogP contribution in [0.5, 0.6) is 0 Å². The van der Waals surface area contributed by atoms with Gasteiger partial charge in [-0.15, -0.1) is 0 Å². The lowest BCUT2D eigenvalue weighted by molar-refractivity contribution is 0.631. The molecule has 20 heavy (non-hydrogen) atoms. The molecule has 3 aromatic rings. The van der Waals surface area contributed by atoms with Crippen molar-refractivity contribution in [3.05, 3.63) is 53.0 Å².